The summed E-state index contributed by atoms with van der Waals surface area (Å²) in [4.78, 5) is 22.2. The summed E-state index contributed by atoms with van der Waals surface area (Å²) in [5.41, 5.74) is 2.29. The number of hydrogen-bond donors (Lipinski definition) is 0. The van der Waals surface area contributed by atoms with E-state index in [1.54, 1.807) is 17.0 Å². The van der Waals surface area contributed by atoms with Gasteiger partial charge in [-0.05, 0) is 43.2 Å². The molecule has 21 heavy (non-hydrogen) atoms. The van der Waals surface area contributed by atoms with Gasteiger partial charge in [-0.15, -0.1) is 0 Å². The van der Waals surface area contributed by atoms with Crippen molar-refractivity contribution >= 4 is 23.2 Å². The Morgan fingerprint density at radius 1 is 1.29 bits per heavy atom. The number of aromatic nitrogens is 2. The smallest absolute Gasteiger partial charge is 0.227 e. The average Bonchev–Trinajstić information content (AvgIpc) is 2.41. The maximum Gasteiger partial charge on any atom is 0.227 e. The van der Waals surface area contributed by atoms with Gasteiger partial charge in [0.05, 0.1) is 6.54 Å². The second kappa shape index (κ2) is 5.41. The van der Waals surface area contributed by atoms with Gasteiger partial charge in [0.25, 0.3) is 0 Å². The van der Waals surface area contributed by atoms with Crippen LogP contribution in [-0.2, 0) is 17.8 Å². The first-order valence-corrected chi connectivity index (χ1v) is 6.99. The predicted molar refractivity (Wildman–Crippen MR) is 77.7 cm³/mol. The molecule has 0 fully saturated rings. The quantitative estimate of drug-likeness (QED) is 0.801. The lowest BCUT2D eigenvalue weighted by Gasteiger charge is -2.29. The van der Waals surface area contributed by atoms with Crippen LogP contribution in [-0.4, -0.2) is 15.9 Å². The molecule has 0 unspecified atom stereocenters. The fraction of sp³-hybridized carbons (Fsp3) is 0.267. The van der Waals surface area contributed by atoms with Gasteiger partial charge in [-0.2, -0.15) is 0 Å². The Morgan fingerprint density at radius 2 is 2.10 bits per heavy atom. The third kappa shape index (κ3) is 2.88. The minimum atomic E-state index is -0.294. The summed E-state index contributed by atoms with van der Waals surface area (Å²) in [6.07, 6.45) is 0.911. The van der Waals surface area contributed by atoms with E-state index in [-0.39, 0.29) is 18.3 Å². The van der Waals surface area contributed by atoms with Crippen LogP contribution in [0.25, 0.3) is 0 Å². The highest BCUT2D eigenvalue weighted by atomic mass is 35.5. The van der Waals surface area contributed by atoms with E-state index in [4.69, 9.17) is 11.6 Å². The number of fused-ring (bicyclic) bond motifs is 1. The number of benzene rings is 1. The first kappa shape index (κ1) is 13.9. The Hall–Kier alpha value is -2.01. The Bertz CT molecular complexity index is 700. The summed E-state index contributed by atoms with van der Waals surface area (Å²) in [5, 5.41) is 0.348. The Labute approximate surface area is 126 Å². The van der Waals surface area contributed by atoms with Crippen LogP contribution < -0.4 is 4.90 Å². The van der Waals surface area contributed by atoms with Crippen molar-refractivity contribution in [3.8, 4) is 0 Å². The van der Waals surface area contributed by atoms with E-state index in [1.807, 2.05) is 6.92 Å². The second-order valence-electron chi connectivity index (χ2n) is 5.00. The molecule has 0 bridgehead atoms. The van der Waals surface area contributed by atoms with Gasteiger partial charge in [-0.3, -0.25) is 4.79 Å². The fourth-order valence-corrected chi connectivity index (χ4v) is 2.76. The third-order valence-corrected chi connectivity index (χ3v) is 3.60. The highest BCUT2D eigenvalue weighted by molar-refractivity contribution is 6.29. The molecule has 0 saturated carbocycles. The molecule has 2 heterocycles. The minimum Gasteiger partial charge on any atom is -0.304 e. The van der Waals surface area contributed by atoms with Crippen molar-refractivity contribution in [3.05, 3.63) is 52.3 Å². The largest absolute Gasteiger partial charge is 0.304 e. The number of aryl methyl sites for hydroxylation is 2. The van der Waals surface area contributed by atoms with Crippen LogP contribution in [0.4, 0.5) is 10.1 Å². The number of amides is 1. The van der Waals surface area contributed by atoms with Crippen molar-refractivity contribution < 1.29 is 9.18 Å². The van der Waals surface area contributed by atoms with E-state index in [9.17, 15) is 9.18 Å². The van der Waals surface area contributed by atoms with E-state index in [1.165, 1.54) is 12.1 Å². The number of nitrogens with zero attached hydrogens (tertiary/aromatic N) is 3. The molecule has 1 aromatic heterocycles. The molecular formula is C15H13ClFN3O. The van der Waals surface area contributed by atoms with Crippen molar-refractivity contribution in [1.82, 2.24) is 9.97 Å². The zero-order valence-corrected chi connectivity index (χ0v) is 12.2. The van der Waals surface area contributed by atoms with Gasteiger partial charge in [0.15, 0.2) is 0 Å². The zero-order chi connectivity index (χ0) is 15.0. The SMILES string of the molecule is Cc1cc(Cl)nc(CN2C(=O)CCc3cc(F)ccc32)n1. The Balaban J connectivity index is 1.96. The van der Waals surface area contributed by atoms with Gasteiger partial charge in [-0.25, -0.2) is 14.4 Å². The van der Waals surface area contributed by atoms with Crippen LogP contribution >= 0.6 is 11.6 Å². The average molecular weight is 306 g/mol. The molecule has 0 spiro atoms. The molecule has 0 N–H and O–H groups in total. The lowest BCUT2D eigenvalue weighted by atomic mass is 10.0. The van der Waals surface area contributed by atoms with Crippen molar-refractivity contribution in [2.24, 2.45) is 0 Å². The Kier molecular flexibility index (Phi) is 3.59. The monoisotopic (exact) mass is 305 g/mol. The standard InChI is InChI=1S/C15H13ClFN3O/c1-9-6-13(16)19-14(18-9)8-20-12-4-3-11(17)7-10(12)2-5-15(20)21/h3-4,6-7H,2,5,8H2,1H3. The van der Waals surface area contributed by atoms with Gasteiger partial charge in [0, 0.05) is 17.8 Å². The number of anilines is 1. The van der Waals surface area contributed by atoms with Gasteiger partial charge in [0.1, 0.15) is 16.8 Å². The molecule has 0 atom stereocenters. The first-order valence-electron chi connectivity index (χ1n) is 6.62. The van der Waals surface area contributed by atoms with Crippen LogP contribution in [0.2, 0.25) is 5.15 Å². The predicted octanol–water partition coefficient (Wildman–Crippen LogP) is 3.06. The van der Waals surface area contributed by atoms with Crippen LogP contribution in [0.3, 0.4) is 0 Å². The Morgan fingerprint density at radius 3 is 2.86 bits per heavy atom. The van der Waals surface area contributed by atoms with E-state index in [2.05, 4.69) is 9.97 Å². The van der Waals surface area contributed by atoms with Crippen LogP contribution in [0.15, 0.2) is 24.3 Å². The van der Waals surface area contributed by atoms with Crippen molar-refractivity contribution in [3.63, 3.8) is 0 Å². The molecule has 1 amide bonds. The van der Waals surface area contributed by atoms with Gasteiger partial charge >= 0.3 is 0 Å². The number of hydrogen-bond acceptors (Lipinski definition) is 3. The number of rotatable bonds is 2. The summed E-state index contributed by atoms with van der Waals surface area (Å²) >= 11 is 5.92. The molecular weight excluding hydrogens is 293 g/mol. The lowest BCUT2D eigenvalue weighted by molar-refractivity contribution is -0.119. The molecule has 4 nitrogen and oxygen atoms in total. The molecule has 1 aromatic carbocycles. The summed E-state index contributed by atoms with van der Waals surface area (Å²) < 4.78 is 13.3. The lowest BCUT2D eigenvalue weighted by Crippen LogP contribution is -2.35. The zero-order valence-electron chi connectivity index (χ0n) is 11.4. The van der Waals surface area contributed by atoms with Gasteiger partial charge in [-0.1, -0.05) is 11.6 Å². The molecule has 0 radical (unpaired) electrons. The molecule has 2 aromatic rings. The molecule has 0 saturated heterocycles. The summed E-state index contributed by atoms with van der Waals surface area (Å²) in [5.74, 6) is 0.166. The van der Waals surface area contributed by atoms with E-state index < -0.39 is 0 Å². The molecule has 0 aliphatic carbocycles. The van der Waals surface area contributed by atoms with E-state index >= 15 is 0 Å². The van der Waals surface area contributed by atoms with E-state index in [0.29, 0.717) is 29.5 Å². The van der Waals surface area contributed by atoms with Gasteiger partial charge < -0.3 is 4.90 Å². The number of carbonyl (C=O) groups excluding carboxylic acids is 1. The summed E-state index contributed by atoms with van der Waals surface area (Å²) in [6.45, 7) is 2.05. The van der Waals surface area contributed by atoms with Crippen molar-refractivity contribution in [1.29, 1.82) is 0 Å². The third-order valence-electron chi connectivity index (χ3n) is 3.41. The molecule has 6 heteroatoms. The van der Waals surface area contributed by atoms with E-state index in [0.717, 1.165) is 11.3 Å². The summed E-state index contributed by atoms with van der Waals surface area (Å²) in [7, 11) is 0. The van der Waals surface area contributed by atoms with Crippen molar-refractivity contribution in [2.45, 2.75) is 26.3 Å². The van der Waals surface area contributed by atoms with Gasteiger partial charge in [0.2, 0.25) is 5.91 Å². The maximum atomic E-state index is 13.3. The molecule has 3 rings (SSSR count). The number of halogens is 2. The molecule has 1 aliphatic rings. The normalized spacial score (nSPS) is 14.2. The highest BCUT2D eigenvalue weighted by Crippen LogP contribution is 2.29. The maximum absolute atomic E-state index is 13.3. The highest BCUT2D eigenvalue weighted by Gasteiger charge is 2.25. The van der Waals surface area contributed by atoms with Crippen LogP contribution in [0, 0.1) is 12.7 Å². The van der Waals surface area contributed by atoms with Crippen LogP contribution in [0.5, 0.6) is 0 Å². The summed E-state index contributed by atoms with van der Waals surface area (Å²) in [6, 6.07) is 6.11. The molecule has 108 valence electrons. The first-order chi connectivity index (χ1) is 10.0. The molecule has 1 aliphatic heterocycles. The second-order valence-corrected chi connectivity index (χ2v) is 5.39. The van der Waals surface area contributed by atoms with Crippen LogP contribution in [0.1, 0.15) is 23.5 Å². The topological polar surface area (TPSA) is 46.1 Å². The number of carbonyl (C=O) groups is 1. The fourth-order valence-electron chi connectivity index (χ4n) is 2.50. The minimum absolute atomic E-state index is 0.0182. The van der Waals surface area contributed by atoms with Crippen molar-refractivity contribution in [2.75, 3.05) is 4.90 Å².